The fourth-order valence-electron chi connectivity index (χ4n) is 2.28. The quantitative estimate of drug-likeness (QED) is 0.784. The van der Waals surface area contributed by atoms with Crippen LogP contribution in [0.2, 0.25) is 0 Å². The third-order valence-corrected chi connectivity index (χ3v) is 3.44. The van der Waals surface area contributed by atoms with Crippen LogP contribution in [0.3, 0.4) is 0 Å². The van der Waals surface area contributed by atoms with E-state index in [-0.39, 0.29) is 5.91 Å². The number of amides is 1. The van der Waals surface area contributed by atoms with Crippen molar-refractivity contribution in [2.24, 2.45) is 0 Å². The molecule has 0 saturated heterocycles. The number of carbonyl (C=O) groups excluding carboxylic acids is 1. The van der Waals surface area contributed by atoms with Gasteiger partial charge in [-0.3, -0.25) is 9.59 Å². The van der Waals surface area contributed by atoms with Gasteiger partial charge < -0.3 is 10.4 Å². The van der Waals surface area contributed by atoms with Crippen molar-refractivity contribution in [1.82, 2.24) is 0 Å². The number of nitrogens with one attached hydrogen (secondary N) is 1. The molecule has 1 aliphatic heterocycles. The van der Waals surface area contributed by atoms with Gasteiger partial charge in [0.25, 0.3) is 0 Å². The number of hydrogen-bond donors (Lipinski definition) is 2. The molecule has 1 amide bonds. The van der Waals surface area contributed by atoms with E-state index in [1.165, 1.54) is 0 Å². The fraction of sp³-hybridized carbons (Fsp3) is 0.333. The van der Waals surface area contributed by atoms with Crippen LogP contribution in [0.25, 0.3) is 0 Å². The Bertz CT molecular complexity index is 503. The average Bonchev–Trinajstić information content (AvgIpc) is 2.95. The van der Waals surface area contributed by atoms with Crippen LogP contribution in [0.4, 0.5) is 5.69 Å². The van der Waals surface area contributed by atoms with Crippen molar-refractivity contribution in [3.8, 4) is 0 Å². The Labute approximate surface area is 92.3 Å². The van der Waals surface area contributed by atoms with Gasteiger partial charge in [-0.2, -0.15) is 0 Å². The van der Waals surface area contributed by atoms with Gasteiger partial charge in [0, 0.05) is 5.69 Å². The zero-order valence-electron chi connectivity index (χ0n) is 8.62. The van der Waals surface area contributed by atoms with Crippen molar-refractivity contribution < 1.29 is 14.7 Å². The lowest BCUT2D eigenvalue weighted by Crippen LogP contribution is -2.19. The topological polar surface area (TPSA) is 66.4 Å². The first-order chi connectivity index (χ1) is 7.62. The van der Waals surface area contributed by atoms with E-state index in [4.69, 9.17) is 0 Å². The second kappa shape index (κ2) is 2.84. The molecule has 16 heavy (non-hydrogen) atoms. The van der Waals surface area contributed by atoms with Gasteiger partial charge in [-0.25, -0.2) is 0 Å². The molecular weight excluding hydrogens is 206 g/mol. The molecule has 0 aromatic heterocycles. The van der Waals surface area contributed by atoms with E-state index in [0.29, 0.717) is 19.3 Å². The second-order valence-corrected chi connectivity index (χ2v) is 4.48. The Morgan fingerprint density at radius 3 is 2.75 bits per heavy atom. The Morgan fingerprint density at radius 2 is 2.12 bits per heavy atom. The van der Waals surface area contributed by atoms with Crippen LogP contribution in [-0.4, -0.2) is 17.0 Å². The van der Waals surface area contributed by atoms with Crippen molar-refractivity contribution in [3.05, 3.63) is 29.3 Å². The smallest absolute Gasteiger partial charge is 0.314 e. The standard InChI is InChI=1S/C12H11NO3/c14-10-6-7-5-8(1-2-9(7)13-10)12(3-4-12)11(15)16/h1-2,5H,3-4,6H2,(H,13,14)(H,15,16). The van der Waals surface area contributed by atoms with Gasteiger partial charge >= 0.3 is 5.97 Å². The first-order valence-electron chi connectivity index (χ1n) is 5.28. The number of carboxylic acids is 1. The van der Waals surface area contributed by atoms with E-state index in [0.717, 1.165) is 16.8 Å². The summed E-state index contributed by atoms with van der Waals surface area (Å²) in [4.78, 5) is 22.3. The molecule has 1 aliphatic carbocycles. The number of benzene rings is 1. The molecule has 1 heterocycles. The summed E-state index contributed by atoms with van der Waals surface area (Å²) in [6, 6.07) is 5.47. The molecule has 0 spiro atoms. The molecule has 1 aromatic carbocycles. The summed E-state index contributed by atoms with van der Waals surface area (Å²) in [7, 11) is 0. The van der Waals surface area contributed by atoms with Crippen LogP contribution < -0.4 is 5.32 Å². The minimum absolute atomic E-state index is 0.0210. The number of carbonyl (C=O) groups is 2. The lowest BCUT2D eigenvalue weighted by Gasteiger charge is -2.11. The summed E-state index contributed by atoms with van der Waals surface area (Å²) >= 11 is 0. The first kappa shape index (κ1) is 9.39. The lowest BCUT2D eigenvalue weighted by atomic mass is 9.94. The van der Waals surface area contributed by atoms with Crippen LogP contribution in [0.5, 0.6) is 0 Å². The number of anilines is 1. The summed E-state index contributed by atoms with van der Waals surface area (Å²) < 4.78 is 0. The van der Waals surface area contributed by atoms with Crippen molar-refractivity contribution in [1.29, 1.82) is 0 Å². The predicted molar refractivity (Wildman–Crippen MR) is 57.3 cm³/mol. The Hall–Kier alpha value is -1.84. The van der Waals surface area contributed by atoms with Crippen molar-refractivity contribution in [3.63, 3.8) is 0 Å². The third kappa shape index (κ3) is 1.16. The molecule has 0 atom stereocenters. The molecule has 3 rings (SSSR count). The molecule has 1 saturated carbocycles. The summed E-state index contributed by atoms with van der Waals surface area (Å²) in [5.74, 6) is -0.781. The number of rotatable bonds is 2. The minimum Gasteiger partial charge on any atom is -0.481 e. The summed E-state index contributed by atoms with van der Waals surface area (Å²) in [6.07, 6.45) is 1.75. The maximum Gasteiger partial charge on any atom is 0.314 e. The molecule has 2 aliphatic rings. The highest BCUT2D eigenvalue weighted by molar-refractivity contribution is 5.99. The molecule has 82 valence electrons. The largest absolute Gasteiger partial charge is 0.481 e. The van der Waals surface area contributed by atoms with E-state index in [1.54, 1.807) is 6.07 Å². The van der Waals surface area contributed by atoms with Crippen LogP contribution in [-0.2, 0) is 21.4 Å². The van der Waals surface area contributed by atoms with Gasteiger partial charge in [-0.1, -0.05) is 12.1 Å². The summed E-state index contributed by atoms with van der Waals surface area (Å²) in [6.45, 7) is 0. The van der Waals surface area contributed by atoms with Crippen LogP contribution in [0.15, 0.2) is 18.2 Å². The lowest BCUT2D eigenvalue weighted by molar-refractivity contribution is -0.140. The minimum atomic E-state index is -0.760. The molecule has 4 nitrogen and oxygen atoms in total. The van der Waals surface area contributed by atoms with E-state index in [9.17, 15) is 14.7 Å². The van der Waals surface area contributed by atoms with Crippen molar-refractivity contribution >= 4 is 17.6 Å². The molecule has 2 N–H and O–H groups in total. The first-order valence-corrected chi connectivity index (χ1v) is 5.28. The van der Waals surface area contributed by atoms with Gasteiger partial charge in [-0.15, -0.1) is 0 Å². The highest BCUT2D eigenvalue weighted by Gasteiger charge is 2.51. The molecular formula is C12H11NO3. The Balaban J connectivity index is 2.03. The Morgan fingerprint density at radius 1 is 1.38 bits per heavy atom. The molecule has 4 heteroatoms. The van der Waals surface area contributed by atoms with E-state index in [1.807, 2.05) is 12.1 Å². The molecule has 0 radical (unpaired) electrons. The molecule has 1 aromatic rings. The van der Waals surface area contributed by atoms with E-state index >= 15 is 0 Å². The highest BCUT2D eigenvalue weighted by atomic mass is 16.4. The van der Waals surface area contributed by atoms with Gasteiger partial charge in [0.1, 0.15) is 0 Å². The normalized spacial score (nSPS) is 20.1. The molecule has 1 fully saturated rings. The van der Waals surface area contributed by atoms with E-state index < -0.39 is 11.4 Å². The molecule has 0 bridgehead atoms. The van der Waals surface area contributed by atoms with Crippen LogP contribution in [0.1, 0.15) is 24.0 Å². The van der Waals surface area contributed by atoms with Crippen molar-refractivity contribution in [2.75, 3.05) is 5.32 Å². The highest BCUT2D eigenvalue weighted by Crippen LogP contribution is 2.49. The predicted octanol–water partition coefficient (Wildman–Crippen LogP) is 1.30. The van der Waals surface area contributed by atoms with Gasteiger partial charge in [-0.05, 0) is 30.0 Å². The number of hydrogen-bond acceptors (Lipinski definition) is 2. The zero-order valence-corrected chi connectivity index (χ0v) is 8.62. The maximum atomic E-state index is 11.2. The SMILES string of the molecule is O=C1Cc2cc(C3(C(=O)O)CC3)ccc2N1. The van der Waals surface area contributed by atoms with Crippen LogP contribution >= 0.6 is 0 Å². The van der Waals surface area contributed by atoms with Crippen LogP contribution in [0, 0.1) is 0 Å². The maximum absolute atomic E-state index is 11.2. The summed E-state index contributed by atoms with van der Waals surface area (Å²) in [5.41, 5.74) is 1.88. The second-order valence-electron chi connectivity index (χ2n) is 4.48. The van der Waals surface area contributed by atoms with Gasteiger partial charge in [0.05, 0.1) is 11.8 Å². The number of aliphatic carboxylic acids is 1. The number of fused-ring (bicyclic) bond motifs is 1. The van der Waals surface area contributed by atoms with Crippen molar-refractivity contribution in [2.45, 2.75) is 24.7 Å². The zero-order chi connectivity index (χ0) is 11.3. The van der Waals surface area contributed by atoms with Gasteiger partial charge in [0.2, 0.25) is 5.91 Å². The van der Waals surface area contributed by atoms with E-state index in [2.05, 4.69) is 5.32 Å². The average molecular weight is 217 g/mol. The summed E-state index contributed by atoms with van der Waals surface area (Å²) in [5, 5.41) is 11.9. The fourth-order valence-corrected chi connectivity index (χ4v) is 2.28. The molecule has 0 unspecified atom stereocenters. The Kier molecular flexibility index (Phi) is 1.67. The monoisotopic (exact) mass is 217 g/mol. The third-order valence-electron chi connectivity index (χ3n) is 3.44. The van der Waals surface area contributed by atoms with Gasteiger partial charge in [0.15, 0.2) is 0 Å². The number of carboxylic acid groups (broad SMARTS) is 1.